The van der Waals surface area contributed by atoms with Crippen molar-refractivity contribution in [3.05, 3.63) is 35.7 Å². The fraction of sp³-hybridized carbons (Fsp3) is 0.440. The van der Waals surface area contributed by atoms with Crippen LogP contribution in [0, 0.1) is 12.8 Å². The van der Waals surface area contributed by atoms with Gasteiger partial charge in [0.25, 0.3) is 0 Å². The SMILES string of the molecule is CC.CSc1cc(C2=NCC(C)(C)O2)ccc1Nc1cc(NC(=O)C2CC2)nc2nc(C)[nH]c12. The molecule has 1 aromatic carbocycles. The van der Waals surface area contributed by atoms with Gasteiger partial charge in [-0.15, -0.1) is 11.8 Å². The van der Waals surface area contributed by atoms with Gasteiger partial charge in [-0.05, 0) is 58.1 Å². The third kappa shape index (κ3) is 5.19. The number of aliphatic imine (C=N–C) groups is 1. The number of aryl methyl sites for hydroxylation is 1. The molecule has 2 aromatic heterocycles. The number of benzene rings is 1. The van der Waals surface area contributed by atoms with Crippen LogP contribution in [0.3, 0.4) is 0 Å². The van der Waals surface area contributed by atoms with Crippen molar-refractivity contribution >= 4 is 51.9 Å². The number of H-pyrrole nitrogens is 1. The number of pyridine rings is 1. The Bertz CT molecular complexity index is 1250. The second-order valence-corrected chi connectivity index (χ2v) is 9.71. The van der Waals surface area contributed by atoms with Crippen LogP contribution >= 0.6 is 11.8 Å². The molecule has 180 valence electrons. The van der Waals surface area contributed by atoms with Gasteiger partial charge in [0.1, 0.15) is 22.8 Å². The average Bonchev–Trinajstić information content (AvgIpc) is 3.51. The number of hydrogen-bond donors (Lipinski definition) is 3. The highest BCUT2D eigenvalue weighted by molar-refractivity contribution is 7.98. The fourth-order valence-corrected chi connectivity index (χ4v) is 4.23. The molecule has 0 atom stereocenters. The van der Waals surface area contributed by atoms with E-state index in [2.05, 4.69) is 36.6 Å². The molecular weight excluding hydrogens is 448 g/mol. The highest BCUT2D eigenvalue weighted by Crippen LogP contribution is 2.35. The maximum atomic E-state index is 12.3. The predicted octanol–water partition coefficient (Wildman–Crippen LogP) is 5.66. The number of aromatic amines is 1. The molecule has 0 spiro atoms. The minimum absolute atomic E-state index is 0.0180. The molecular formula is C25H32N6O2S. The van der Waals surface area contributed by atoms with Crippen LogP contribution in [0.1, 0.15) is 51.9 Å². The number of carbonyl (C=O) groups is 1. The van der Waals surface area contributed by atoms with Crippen LogP contribution in [0.25, 0.3) is 11.2 Å². The highest BCUT2D eigenvalue weighted by atomic mass is 32.2. The number of fused-ring (bicyclic) bond motifs is 1. The number of aromatic nitrogens is 3. The van der Waals surface area contributed by atoms with Crippen molar-refractivity contribution in [2.24, 2.45) is 10.9 Å². The number of nitrogens with one attached hydrogen (secondary N) is 3. The molecule has 2 aliphatic rings. The number of thioether (sulfide) groups is 1. The van der Waals surface area contributed by atoms with Crippen LogP contribution in [0.4, 0.5) is 17.2 Å². The van der Waals surface area contributed by atoms with Gasteiger partial charge < -0.3 is 20.4 Å². The lowest BCUT2D eigenvalue weighted by atomic mass is 10.1. The lowest BCUT2D eigenvalue weighted by molar-refractivity contribution is -0.117. The van der Waals surface area contributed by atoms with E-state index >= 15 is 0 Å². The minimum Gasteiger partial charge on any atom is -0.469 e. The molecule has 1 aliphatic carbocycles. The zero-order chi connectivity index (χ0) is 24.5. The zero-order valence-electron chi connectivity index (χ0n) is 20.6. The molecule has 5 rings (SSSR count). The van der Waals surface area contributed by atoms with Gasteiger partial charge in [-0.1, -0.05) is 13.8 Å². The van der Waals surface area contributed by atoms with E-state index in [1.165, 1.54) is 0 Å². The first-order valence-corrected chi connectivity index (χ1v) is 12.9. The van der Waals surface area contributed by atoms with Crippen LogP contribution in [0.2, 0.25) is 0 Å². The Labute approximate surface area is 204 Å². The maximum absolute atomic E-state index is 12.3. The fourth-order valence-electron chi connectivity index (χ4n) is 3.65. The molecule has 3 heterocycles. The van der Waals surface area contributed by atoms with Crippen molar-refractivity contribution in [1.82, 2.24) is 15.0 Å². The van der Waals surface area contributed by atoms with Crippen LogP contribution in [0.5, 0.6) is 0 Å². The quantitative estimate of drug-likeness (QED) is 0.393. The molecule has 34 heavy (non-hydrogen) atoms. The van der Waals surface area contributed by atoms with Crippen molar-refractivity contribution < 1.29 is 9.53 Å². The molecule has 9 heteroatoms. The third-order valence-electron chi connectivity index (χ3n) is 5.47. The topological polar surface area (TPSA) is 104 Å². The summed E-state index contributed by atoms with van der Waals surface area (Å²) in [5.74, 6) is 2.07. The Morgan fingerprint density at radius 1 is 1.18 bits per heavy atom. The minimum atomic E-state index is -0.270. The summed E-state index contributed by atoms with van der Waals surface area (Å²) in [6.45, 7) is 10.6. The molecule has 8 nitrogen and oxygen atoms in total. The van der Waals surface area contributed by atoms with Crippen LogP contribution < -0.4 is 10.6 Å². The summed E-state index contributed by atoms with van der Waals surface area (Å²) in [6, 6.07) is 7.97. The molecule has 1 amide bonds. The second-order valence-electron chi connectivity index (χ2n) is 8.86. The number of anilines is 3. The van der Waals surface area contributed by atoms with E-state index in [-0.39, 0.29) is 17.4 Å². The van der Waals surface area contributed by atoms with Gasteiger partial charge in [0, 0.05) is 22.4 Å². The average molecular weight is 481 g/mol. The van der Waals surface area contributed by atoms with E-state index in [1.807, 2.05) is 59.1 Å². The van der Waals surface area contributed by atoms with Crippen molar-refractivity contribution in [2.75, 3.05) is 23.4 Å². The lowest BCUT2D eigenvalue weighted by Crippen LogP contribution is -2.24. The lowest BCUT2D eigenvalue weighted by Gasteiger charge is -2.18. The molecule has 0 bridgehead atoms. The van der Waals surface area contributed by atoms with E-state index in [1.54, 1.807) is 11.8 Å². The van der Waals surface area contributed by atoms with E-state index in [0.29, 0.717) is 23.9 Å². The van der Waals surface area contributed by atoms with E-state index in [9.17, 15) is 4.79 Å². The van der Waals surface area contributed by atoms with Crippen molar-refractivity contribution in [2.45, 2.75) is 58.0 Å². The van der Waals surface area contributed by atoms with E-state index in [0.717, 1.165) is 46.0 Å². The first-order valence-electron chi connectivity index (χ1n) is 11.7. The van der Waals surface area contributed by atoms with E-state index < -0.39 is 0 Å². The first-order chi connectivity index (χ1) is 16.3. The summed E-state index contributed by atoms with van der Waals surface area (Å²) in [7, 11) is 0. The van der Waals surface area contributed by atoms with Gasteiger partial charge in [-0.3, -0.25) is 4.79 Å². The van der Waals surface area contributed by atoms with Gasteiger partial charge in [0.05, 0.1) is 17.9 Å². The molecule has 1 saturated carbocycles. The second kappa shape index (κ2) is 9.66. The summed E-state index contributed by atoms with van der Waals surface area (Å²) < 4.78 is 5.99. The number of ether oxygens (including phenoxy) is 1. The summed E-state index contributed by atoms with van der Waals surface area (Å²) >= 11 is 1.64. The van der Waals surface area contributed by atoms with Gasteiger partial charge in [-0.25, -0.2) is 15.0 Å². The molecule has 1 fully saturated rings. The van der Waals surface area contributed by atoms with Crippen LogP contribution in [0.15, 0.2) is 34.2 Å². The van der Waals surface area contributed by atoms with Crippen molar-refractivity contribution in [3.8, 4) is 0 Å². The number of rotatable bonds is 6. The van der Waals surface area contributed by atoms with Gasteiger partial charge in [0.2, 0.25) is 11.8 Å². The maximum Gasteiger partial charge on any atom is 0.228 e. The number of amides is 1. The zero-order valence-corrected chi connectivity index (χ0v) is 21.4. The smallest absolute Gasteiger partial charge is 0.228 e. The molecule has 3 N–H and O–H groups in total. The highest BCUT2D eigenvalue weighted by Gasteiger charge is 2.30. The molecule has 0 saturated heterocycles. The monoisotopic (exact) mass is 480 g/mol. The Kier molecular flexibility index (Phi) is 6.84. The Hall–Kier alpha value is -3.07. The molecule has 1 aliphatic heterocycles. The molecule has 3 aromatic rings. The van der Waals surface area contributed by atoms with Crippen LogP contribution in [-0.4, -0.2) is 45.2 Å². The van der Waals surface area contributed by atoms with Crippen LogP contribution in [-0.2, 0) is 9.53 Å². The van der Waals surface area contributed by atoms with Crippen molar-refractivity contribution in [1.29, 1.82) is 0 Å². The summed E-state index contributed by atoms with van der Waals surface area (Å²) in [6.07, 6.45) is 3.92. The summed E-state index contributed by atoms with van der Waals surface area (Å²) in [5.41, 5.74) is 3.80. The number of nitrogens with zero attached hydrogens (tertiary/aromatic N) is 3. The van der Waals surface area contributed by atoms with E-state index in [4.69, 9.17) is 4.74 Å². The van der Waals surface area contributed by atoms with Crippen molar-refractivity contribution in [3.63, 3.8) is 0 Å². The Balaban J connectivity index is 0.00000133. The molecule has 0 radical (unpaired) electrons. The van der Waals surface area contributed by atoms with Gasteiger partial charge in [-0.2, -0.15) is 0 Å². The Morgan fingerprint density at radius 2 is 1.94 bits per heavy atom. The Morgan fingerprint density at radius 3 is 2.59 bits per heavy atom. The number of hydrogen-bond acceptors (Lipinski definition) is 7. The predicted molar refractivity (Wildman–Crippen MR) is 139 cm³/mol. The normalized spacial score (nSPS) is 16.4. The third-order valence-corrected chi connectivity index (χ3v) is 6.25. The number of imidazole rings is 1. The standard InChI is InChI=1S/C23H26N6O2S.C2H6/c1-12-25-19-16(10-18(28-20(19)26-12)29-21(30)13-5-6-13)27-15-8-7-14(9-17(15)32-4)22-24-11-23(2,3)31-22;1-2/h7-10,13H,5-6,11H2,1-4H3,(H3,25,26,27,28,29,30);1-2H3. The summed E-state index contributed by atoms with van der Waals surface area (Å²) in [4.78, 5) is 30.1. The first kappa shape index (κ1) is 24.1. The molecule has 0 unspecified atom stereocenters. The summed E-state index contributed by atoms with van der Waals surface area (Å²) in [5, 5.41) is 6.44. The largest absolute Gasteiger partial charge is 0.469 e. The van der Waals surface area contributed by atoms with Gasteiger partial charge >= 0.3 is 0 Å². The van der Waals surface area contributed by atoms with Gasteiger partial charge in [0.15, 0.2) is 5.65 Å². The number of carbonyl (C=O) groups excluding carboxylic acids is 1.